The van der Waals surface area contributed by atoms with Gasteiger partial charge in [0.05, 0.1) is 6.04 Å². The van der Waals surface area contributed by atoms with E-state index in [1.54, 1.807) is 0 Å². The summed E-state index contributed by atoms with van der Waals surface area (Å²) in [6, 6.07) is 0.275. The first-order valence-electron chi connectivity index (χ1n) is 7.28. The average molecular weight is 254 g/mol. The molecule has 2 N–H and O–H groups in total. The SMILES string of the molecule is CC1CCNC(C(=O)NC(C)C2CCOCC2)C1. The number of nitrogens with one attached hydrogen (secondary N) is 2. The zero-order valence-corrected chi connectivity index (χ0v) is 11.6. The monoisotopic (exact) mass is 254 g/mol. The van der Waals surface area contributed by atoms with E-state index in [-0.39, 0.29) is 18.0 Å². The minimum atomic E-state index is 0.0102. The van der Waals surface area contributed by atoms with Gasteiger partial charge in [0.1, 0.15) is 0 Å². The van der Waals surface area contributed by atoms with Gasteiger partial charge in [-0.3, -0.25) is 4.79 Å². The molecule has 2 heterocycles. The Morgan fingerprint density at radius 3 is 2.72 bits per heavy atom. The van der Waals surface area contributed by atoms with Crippen LogP contribution in [0.2, 0.25) is 0 Å². The molecule has 4 heteroatoms. The number of piperidine rings is 1. The molecule has 0 aromatic carbocycles. The highest BCUT2D eigenvalue weighted by Gasteiger charge is 2.27. The number of hydrogen-bond donors (Lipinski definition) is 2. The molecule has 2 saturated heterocycles. The minimum Gasteiger partial charge on any atom is -0.381 e. The van der Waals surface area contributed by atoms with Crippen molar-refractivity contribution >= 4 is 5.91 Å². The normalized spacial score (nSPS) is 31.9. The van der Waals surface area contributed by atoms with Crippen LogP contribution in [0.4, 0.5) is 0 Å². The third-order valence-electron chi connectivity index (χ3n) is 4.33. The van der Waals surface area contributed by atoms with Crippen molar-refractivity contribution < 1.29 is 9.53 Å². The van der Waals surface area contributed by atoms with Crippen molar-refractivity contribution in [3.05, 3.63) is 0 Å². The quantitative estimate of drug-likeness (QED) is 0.798. The van der Waals surface area contributed by atoms with E-state index < -0.39 is 0 Å². The Morgan fingerprint density at radius 1 is 1.33 bits per heavy atom. The van der Waals surface area contributed by atoms with E-state index in [1.165, 1.54) is 6.42 Å². The molecule has 0 aromatic heterocycles. The second-order valence-electron chi connectivity index (χ2n) is 5.88. The fourth-order valence-electron chi connectivity index (χ4n) is 2.97. The molecule has 0 aliphatic carbocycles. The zero-order chi connectivity index (χ0) is 13.0. The number of carbonyl (C=O) groups excluding carboxylic acids is 1. The second-order valence-corrected chi connectivity index (χ2v) is 5.88. The van der Waals surface area contributed by atoms with Crippen molar-refractivity contribution in [1.82, 2.24) is 10.6 Å². The number of carbonyl (C=O) groups is 1. The van der Waals surface area contributed by atoms with Gasteiger partial charge in [-0.1, -0.05) is 6.92 Å². The minimum absolute atomic E-state index is 0.0102. The summed E-state index contributed by atoms with van der Waals surface area (Å²) in [5, 5.41) is 6.50. The van der Waals surface area contributed by atoms with E-state index in [1.807, 2.05) is 0 Å². The van der Waals surface area contributed by atoms with Crippen LogP contribution in [0.1, 0.15) is 39.5 Å². The van der Waals surface area contributed by atoms with Crippen LogP contribution >= 0.6 is 0 Å². The van der Waals surface area contributed by atoms with Crippen molar-refractivity contribution in [3.63, 3.8) is 0 Å². The molecule has 4 nitrogen and oxygen atoms in total. The van der Waals surface area contributed by atoms with Gasteiger partial charge in [-0.2, -0.15) is 0 Å². The van der Waals surface area contributed by atoms with Crippen LogP contribution in [0.3, 0.4) is 0 Å². The number of ether oxygens (including phenoxy) is 1. The van der Waals surface area contributed by atoms with Crippen molar-refractivity contribution in [3.8, 4) is 0 Å². The Kier molecular flexibility index (Phi) is 5.01. The van der Waals surface area contributed by atoms with Crippen LogP contribution in [0, 0.1) is 11.8 Å². The third kappa shape index (κ3) is 3.69. The fraction of sp³-hybridized carbons (Fsp3) is 0.929. The first-order chi connectivity index (χ1) is 8.66. The highest BCUT2D eigenvalue weighted by molar-refractivity contribution is 5.82. The lowest BCUT2D eigenvalue weighted by molar-refractivity contribution is -0.125. The van der Waals surface area contributed by atoms with Gasteiger partial charge in [0.15, 0.2) is 0 Å². The molecule has 18 heavy (non-hydrogen) atoms. The maximum atomic E-state index is 12.2. The van der Waals surface area contributed by atoms with Gasteiger partial charge in [-0.25, -0.2) is 0 Å². The molecule has 0 radical (unpaired) electrons. The zero-order valence-electron chi connectivity index (χ0n) is 11.6. The summed E-state index contributed by atoms with van der Waals surface area (Å²) in [5.41, 5.74) is 0. The second kappa shape index (κ2) is 6.53. The van der Waals surface area contributed by atoms with Crippen LogP contribution in [0.25, 0.3) is 0 Å². The molecule has 2 aliphatic heterocycles. The summed E-state index contributed by atoms with van der Waals surface area (Å²) < 4.78 is 5.36. The van der Waals surface area contributed by atoms with Gasteiger partial charge in [0.2, 0.25) is 5.91 Å². The molecule has 104 valence electrons. The molecule has 1 amide bonds. The van der Waals surface area contributed by atoms with Crippen LogP contribution in [0.15, 0.2) is 0 Å². The first kappa shape index (κ1) is 13.8. The smallest absolute Gasteiger partial charge is 0.237 e. The predicted octanol–water partition coefficient (Wildman–Crippen LogP) is 1.31. The number of rotatable bonds is 3. The summed E-state index contributed by atoms with van der Waals surface area (Å²) in [7, 11) is 0. The Labute approximate surface area is 110 Å². The largest absolute Gasteiger partial charge is 0.381 e. The Balaban J connectivity index is 1.78. The van der Waals surface area contributed by atoms with E-state index in [2.05, 4.69) is 24.5 Å². The third-order valence-corrected chi connectivity index (χ3v) is 4.33. The molecule has 2 rings (SSSR count). The Bertz CT molecular complexity index is 277. The van der Waals surface area contributed by atoms with E-state index in [0.29, 0.717) is 11.8 Å². The maximum Gasteiger partial charge on any atom is 0.237 e. The van der Waals surface area contributed by atoms with E-state index in [0.717, 1.165) is 39.0 Å². The lowest BCUT2D eigenvalue weighted by Crippen LogP contribution is -2.52. The Hall–Kier alpha value is -0.610. The highest BCUT2D eigenvalue weighted by atomic mass is 16.5. The Morgan fingerprint density at radius 2 is 2.06 bits per heavy atom. The van der Waals surface area contributed by atoms with E-state index in [9.17, 15) is 4.79 Å². The fourth-order valence-corrected chi connectivity index (χ4v) is 2.97. The van der Waals surface area contributed by atoms with Crippen molar-refractivity contribution in [2.45, 2.75) is 51.6 Å². The highest BCUT2D eigenvalue weighted by Crippen LogP contribution is 2.19. The molecule has 2 aliphatic rings. The van der Waals surface area contributed by atoms with Gasteiger partial charge < -0.3 is 15.4 Å². The van der Waals surface area contributed by atoms with E-state index >= 15 is 0 Å². The van der Waals surface area contributed by atoms with Gasteiger partial charge in [-0.15, -0.1) is 0 Å². The molecule has 0 saturated carbocycles. The lowest BCUT2D eigenvalue weighted by Gasteiger charge is -2.32. The molecule has 3 unspecified atom stereocenters. The number of hydrogen-bond acceptors (Lipinski definition) is 3. The lowest BCUT2D eigenvalue weighted by atomic mass is 9.91. The summed E-state index contributed by atoms with van der Waals surface area (Å²) in [6.45, 7) is 6.99. The van der Waals surface area contributed by atoms with Gasteiger partial charge >= 0.3 is 0 Å². The summed E-state index contributed by atoms with van der Waals surface area (Å²) in [4.78, 5) is 12.2. The summed E-state index contributed by atoms with van der Waals surface area (Å²) in [5.74, 6) is 1.41. The van der Waals surface area contributed by atoms with Crippen molar-refractivity contribution in [2.75, 3.05) is 19.8 Å². The topological polar surface area (TPSA) is 50.4 Å². The van der Waals surface area contributed by atoms with Gasteiger partial charge in [0, 0.05) is 19.3 Å². The first-order valence-corrected chi connectivity index (χ1v) is 7.28. The standard InChI is InChI=1S/C14H26N2O2/c1-10-3-6-15-13(9-10)14(17)16-11(2)12-4-7-18-8-5-12/h10-13,15H,3-9H2,1-2H3,(H,16,17). The van der Waals surface area contributed by atoms with Crippen molar-refractivity contribution in [1.29, 1.82) is 0 Å². The molecule has 3 atom stereocenters. The molecular weight excluding hydrogens is 228 g/mol. The van der Waals surface area contributed by atoms with Crippen LogP contribution < -0.4 is 10.6 Å². The number of amides is 1. The van der Waals surface area contributed by atoms with Gasteiger partial charge in [0.25, 0.3) is 0 Å². The summed E-state index contributed by atoms with van der Waals surface area (Å²) >= 11 is 0. The van der Waals surface area contributed by atoms with Crippen LogP contribution in [-0.4, -0.2) is 37.7 Å². The molecule has 0 bridgehead atoms. The molecule has 0 spiro atoms. The van der Waals surface area contributed by atoms with Crippen molar-refractivity contribution in [2.24, 2.45) is 11.8 Å². The molecular formula is C14H26N2O2. The van der Waals surface area contributed by atoms with Crippen LogP contribution in [-0.2, 0) is 9.53 Å². The van der Waals surface area contributed by atoms with E-state index in [4.69, 9.17) is 4.74 Å². The summed E-state index contributed by atoms with van der Waals surface area (Å²) in [6.07, 6.45) is 4.28. The molecule has 0 aromatic rings. The van der Waals surface area contributed by atoms with Crippen LogP contribution in [0.5, 0.6) is 0 Å². The maximum absolute atomic E-state index is 12.2. The average Bonchev–Trinajstić information content (AvgIpc) is 2.39. The van der Waals surface area contributed by atoms with Gasteiger partial charge in [-0.05, 0) is 51.0 Å². The molecule has 2 fully saturated rings. The predicted molar refractivity (Wildman–Crippen MR) is 71.3 cm³/mol.